The van der Waals surface area contributed by atoms with E-state index in [1.807, 2.05) is 0 Å². The molecule has 2 saturated carbocycles. The molecule has 0 radical (unpaired) electrons. The zero-order valence-electron chi connectivity index (χ0n) is 12.8. The maximum Gasteiger partial charge on any atom is 0.0309 e. The predicted molar refractivity (Wildman–Crippen MR) is 81.3 cm³/mol. The van der Waals surface area contributed by atoms with Crippen molar-refractivity contribution < 1.29 is 0 Å². The molecule has 1 aliphatic heterocycles. The molecule has 1 spiro atoms. The first-order valence-corrected chi connectivity index (χ1v) is 8.31. The van der Waals surface area contributed by atoms with Crippen LogP contribution < -0.4 is 5.32 Å². The summed E-state index contributed by atoms with van der Waals surface area (Å²) in [6.07, 6.45) is 12.5. The second-order valence-electron chi connectivity index (χ2n) is 7.34. The van der Waals surface area contributed by atoms with Crippen LogP contribution in [0.25, 0.3) is 0 Å². The minimum atomic E-state index is 0.457. The van der Waals surface area contributed by atoms with Gasteiger partial charge in [-0.1, -0.05) is 30.9 Å². The molecule has 3 fully saturated rings. The van der Waals surface area contributed by atoms with Crippen molar-refractivity contribution in [2.45, 2.75) is 70.4 Å². The van der Waals surface area contributed by atoms with E-state index in [4.69, 9.17) is 0 Å². The molecule has 1 heterocycles. The van der Waals surface area contributed by atoms with Crippen molar-refractivity contribution in [1.82, 2.24) is 10.2 Å². The first-order chi connectivity index (χ1) is 9.19. The van der Waals surface area contributed by atoms with Gasteiger partial charge in [0.05, 0.1) is 0 Å². The molecule has 1 N–H and O–H groups in total. The Hall–Kier alpha value is -0.340. The van der Waals surface area contributed by atoms with Crippen LogP contribution in [-0.2, 0) is 0 Å². The molecular formula is C17H30N2. The number of hydrogen-bond acceptors (Lipinski definition) is 2. The highest BCUT2D eigenvalue weighted by atomic mass is 15.3. The van der Waals surface area contributed by atoms with E-state index in [9.17, 15) is 0 Å². The Kier molecular flexibility index (Phi) is 4.00. The second-order valence-corrected chi connectivity index (χ2v) is 7.34. The standard InChI is InChI=1S/C17H30N2/c1-14(2)8-11-19-13-17(9-4-3-5-10-17)18-12-16(19)15-6-7-15/h8,15-16,18H,3-7,9-13H2,1-2H3. The van der Waals surface area contributed by atoms with Gasteiger partial charge in [-0.2, -0.15) is 0 Å². The summed E-state index contributed by atoms with van der Waals surface area (Å²) in [6.45, 7) is 8.15. The van der Waals surface area contributed by atoms with E-state index in [1.165, 1.54) is 70.2 Å². The van der Waals surface area contributed by atoms with Crippen LogP contribution in [0.2, 0.25) is 0 Å². The molecule has 0 aromatic rings. The normalized spacial score (nSPS) is 31.4. The van der Waals surface area contributed by atoms with Crippen molar-refractivity contribution in [1.29, 1.82) is 0 Å². The summed E-state index contributed by atoms with van der Waals surface area (Å²) < 4.78 is 0. The summed E-state index contributed by atoms with van der Waals surface area (Å²) >= 11 is 0. The number of allylic oxidation sites excluding steroid dienone is 1. The number of piperazine rings is 1. The molecule has 1 atom stereocenters. The van der Waals surface area contributed by atoms with Gasteiger partial charge in [0.15, 0.2) is 0 Å². The highest BCUT2D eigenvalue weighted by Gasteiger charge is 2.44. The second kappa shape index (κ2) is 5.57. The minimum absolute atomic E-state index is 0.457. The SMILES string of the molecule is CC(C)=CCN1CC2(CCCCC2)NCC1C1CC1. The smallest absolute Gasteiger partial charge is 0.0309 e. The Morgan fingerprint density at radius 2 is 1.95 bits per heavy atom. The lowest BCUT2D eigenvalue weighted by Crippen LogP contribution is -2.65. The Balaban J connectivity index is 1.68. The van der Waals surface area contributed by atoms with Gasteiger partial charge in [-0.3, -0.25) is 4.90 Å². The topological polar surface area (TPSA) is 15.3 Å². The van der Waals surface area contributed by atoms with Crippen LogP contribution >= 0.6 is 0 Å². The molecule has 3 aliphatic rings. The van der Waals surface area contributed by atoms with Gasteiger partial charge in [-0.25, -0.2) is 0 Å². The predicted octanol–water partition coefficient (Wildman–Crippen LogP) is 3.34. The molecule has 0 amide bonds. The van der Waals surface area contributed by atoms with Gasteiger partial charge in [0, 0.05) is 31.2 Å². The molecule has 108 valence electrons. The lowest BCUT2D eigenvalue weighted by molar-refractivity contribution is 0.0552. The van der Waals surface area contributed by atoms with Crippen molar-refractivity contribution in [2.75, 3.05) is 19.6 Å². The number of nitrogens with one attached hydrogen (secondary N) is 1. The molecule has 19 heavy (non-hydrogen) atoms. The van der Waals surface area contributed by atoms with Crippen LogP contribution in [0, 0.1) is 5.92 Å². The average molecular weight is 262 g/mol. The summed E-state index contributed by atoms with van der Waals surface area (Å²) in [6, 6.07) is 0.808. The third-order valence-electron chi connectivity index (χ3n) is 5.37. The van der Waals surface area contributed by atoms with E-state index in [1.54, 1.807) is 0 Å². The first kappa shape index (κ1) is 13.6. The molecule has 2 aliphatic carbocycles. The van der Waals surface area contributed by atoms with Crippen molar-refractivity contribution >= 4 is 0 Å². The van der Waals surface area contributed by atoms with Gasteiger partial charge < -0.3 is 5.32 Å². The number of hydrogen-bond donors (Lipinski definition) is 1. The van der Waals surface area contributed by atoms with Crippen LogP contribution in [-0.4, -0.2) is 36.1 Å². The minimum Gasteiger partial charge on any atom is -0.308 e. The highest BCUT2D eigenvalue weighted by Crippen LogP contribution is 2.39. The first-order valence-electron chi connectivity index (χ1n) is 8.31. The average Bonchev–Trinajstić information content (AvgIpc) is 3.22. The lowest BCUT2D eigenvalue weighted by Gasteiger charge is -2.50. The van der Waals surface area contributed by atoms with Crippen LogP contribution in [0.4, 0.5) is 0 Å². The molecule has 3 rings (SSSR count). The molecule has 1 unspecified atom stereocenters. The number of nitrogens with zero attached hydrogens (tertiary/aromatic N) is 1. The molecule has 0 aromatic heterocycles. The zero-order valence-corrected chi connectivity index (χ0v) is 12.8. The van der Waals surface area contributed by atoms with Crippen LogP contribution in [0.3, 0.4) is 0 Å². The van der Waals surface area contributed by atoms with Gasteiger partial charge in [0.25, 0.3) is 0 Å². The van der Waals surface area contributed by atoms with E-state index in [2.05, 4.69) is 30.1 Å². The molecule has 0 aromatic carbocycles. The monoisotopic (exact) mass is 262 g/mol. The van der Waals surface area contributed by atoms with Crippen molar-refractivity contribution in [3.63, 3.8) is 0 Å². The maximum absolute atomic E-state index is 3.96. The summed E-state index contributed by atoms with van der Waals surface area (Å²) in [4.78, 5) is 2.80. The maximum atomic E-state index is 3.96. The summed E-state index contributed by atoms with van der Waals surface area (Å²) in [5, 5.41) is 3.96. The van der Waals surface area contributed by atoms with E-state index in [-0.39, 0.29) is 0 Å². The molecule has 2 heteroatoms. The fourth-order valence-electron chi connectivity index (χ4n) is 4.02. The Labute approximate surface area is 118 Å². The zero-order chi connectivity index (χ0) is 13.3. The third-order valence-corrected chi connectivity index (χ3v) is 5.37. The Bertz CT molecular complexity index is 333. The highest BCUT2D eigenvalue weighted by molar-refractivity contribution is 5.05. The van der Waals surface area contributed by atoms with Crippen LogP contribution in [0.1, 0.15) is 58.8 Å². The van der Waals surface area contributed by atoms with Crippen LogP contribution in [0.5, 0.6) is 0 Å². The van der Waals surface area contributed by atoms with Crippen LogP contribution in [0.15, 0.2) is 11.6 Å². The molecular weight excluding hydrogens is 232 g/mol. The number of rotatable bonds is 3. The van der Waals surface area contributed by atoms with E-state index in [0.29, 0.717) is 5.54 Å². The van der Waals surface area contributed by atoms with Gasteiger partial charge in [-0.05, 0) is 45.4 Å². The van der Waals surface area contributed by atoms with E-state index < -0.39 is 0 Å². The lowest BCUT2D eigenvalue weighted by atomic mass is 9.79. The largest absolute Gasteiger partial charge is 0.308 e. The Morgan fingerprint density at radius 1 is 1.21 bits per heavy atom. The molecule has 0 bridgehead atoms. The fourth-order valence-corrected chi connectivity index (χ4v) is 4.02. The van der Waals surface area contributed by atoms with Gasteiger partial charge >= 0.3 is 0 Å². The quantitative estimate of drug-likeness (QED) is 0.785. The van der Waals surface area contributed by atoms with Gasteiger partial charge in [0.2, 0.25) is 0 Å². The molecule has 1 saturated heterocycles. The molecule has 2 nitrogen and oxygen atoms in total. The van der Waals surface area contributed by atoms with Crippen molar-refractivity contribution in [2.24, 2.45) is 5.92 Å². The summed E-state index contributed by atoms with van der Waals surface area (Å²) in [5.41, 5.74) is 1.92. The van der Waals surface area contributed by atoms with Crippen molar-refractivity contribution in [3.8, 4) is 0 Å². The van der Waals surface area contributed by atoms with E-state index >= 15 is 0 Å². The Morgan fingerprint density at radius 3 is 2.58 bits per heavy atom. The third kappa shape index (κ3) is 3.22. The summed E-state index contributed by atoms with van der Waals surface area (Å²) in [5.74, 6) is 0.985. The van der Waals surface area contributed by atoms with Crippen molar-refractivity contribution in [3.05, 3.63) is 11.6 Å². The van der Waals surface area contributed by atoms with E-state index in [0.717, 1.165) is 12.0 Å². The van der Waals surface area contributed by atoms with Gasteiger partial charge in [-0.15, -0.1) is 0 Å². The van der Waals surface area contributed by atoms with Gasteiger partial charge in [0.1, 0.15) is 0 Å². The summed E-state index contributed by atoms with van der Waals surface area (Å²) in [7, 11) is 0. The fraction of sp³-hybridized carbons (Fsp3) is 0.882.